The van der Waals surface area contributed by atoms with Crippen LogP contribution in [-0.4, -0.2) is 63.1 Å². The molecule has 0 bridgehead atoms. The van der Waals surface area contributed by atoms with Crippen molar-refractivity contribution in [2.24, 2.45) is 0 Å². The smallest absolute Gasteiger partial charge is 0.227 e. The lowest BCUT2D eigenvalue weighted by atomic mass is 10.1. The highest BCUT2D eigenvalue weighted by atomic mass is 35.5. The van der Waals surface area contributed by atoms with E-state index in [9.17, 15) is 13.2 Å². The van der Waals surface area contributed by atoms with Gasteiger partial charge in [0.05, 0.1) is 24.8 Å². The largest absolute Gasteiger partial charge is 0.495 e. The topological polar surface area (TPSA) is 66.9 Å². The highest BCUT2D eigenvalue weighted by Crippen LogP contribution is 2.25. The Labute approximate surface area is 142 Å². The van der Waals surface area contributed by atoms with Gasteiger partial charge in [-0.3, -0.25) is 4.79 Å². The number of ether oxygens (including phenoxy) is 1. The van der Waals surface area contributed by atoms with Crippen LogP contribution in [0.5, 0.6) is 5.75 Å². The molecule has 0 N–H and O–H groups in total. The van der Waals surface area contributed by atoms with Crippen molar-refractivity contribution in [2.45, 2.75) is 12.8 Å². The molecule has 1 saturated heterocycles. The molecule has 8 heteroatoms. The van der Waals surface area contributed by atoms with Crippen LogP contribution >= 0.6 is 11.6 Å². The zero-order valence-electron chi connectivity index (χ0n) is 13.3. The van der Waals surface area contributed by atoms with Gasteiger partial charge < -0.3 is 9.64 Å². The molecule has 6 nitrogen and oxygen atoms in total. The second-order valence-corrected chi connectivity index (χ2v) is 7.93. The Morgan fingerprint density at radius 1 is 1.26 bits per heavy atom. The third-order valence-electron chi connectivity index (χ3n) is 3.85. The summed E-state index contributed by atoms with van der Waals surface area (Å²) in [4.78, 5) is 14.1. The summed E-state index contributed by atoms with van der Waals surface area (Å²) in [6.07, 6.45) is 2.08. The number of sulfonamides is 1. The van der Waals surface area contributed by atoms with Crippen LogP contribution in [0.1, 0.15) is 12.0 Å². The molecule has 0 radical (unpaired) electrons. The van der Waals surface area contributed by atoms with Gasteiger partial charge in [0.25, 0.3) is 0 Å². The molecule has 0 saturated carbocycles. The Balaban J connectivity index is 1.99. The lowest BCUT2D eigenvalue weighted by Crippen LogP contribution is -2.37. The van der Waals surface area contributed by atoms with Gasteiger partial charge in [-0.2, -0.15) is 0 Å². The Morgan fingerprint density at radius 3 is 2.61 bits per heavy atom. The normalized spacial score (nSPS) is 16.9. The maximum Gasteiger partial charge on any atom is 0.227 e. The minimum atomic E-state index is -3.21. The standard InChI is InChI=1S/C15H21ClN2O4S/c1-22-14-5-4-12(10-13(14)16)11-15(19)17-6-3-7-18(9-8-17)23(2,20)21/h4-5,10H,3,6-9,11H2,1-2H3. The fraction of sp³-hybridized carbons (Fsp3) is 0.533. The fourth-order valence-electron chi connectivity index (χ4n) is 2.58. The number of carbonyl (C=O) groups excluding carboxylic acids is 1. The number of benzene rings is 1. The van der Waals surface area contributed by atoms with Crippen LogP contribution in [0.15, 0.2) is 18.2 Å². The minimum Gasteiger partial charge on any atom is -0.495 e. The second-order valence-electron chi connectivity index (χ2n) is 5.54. The molecular weight excluding hydrogens is 340 g/mol. The lowest BCUT2D eigenvalue weighted by molar-refractivity contribution is -0.130. The van der Waals surface area contributed by atoms with Gasteiger partial charge in [-0.1, -0.05) is 17.7 Å². The second kappa shape index (κ2) is 7.51. The van der Waals surface area contributed by atoms with Crippen LogP contribution in [0.2, 0.25) is 5.02 Å². The average molecular weight is 361 g/mol. The van der Waals surface area contributed by atoms with Gasteiger partial charge in [0.15, 0.2) is 0 Å². The first-order valence-corrected chi connectivity index (χ1v) is 9.59. The molecule has 1 aromatic rings. The quantitative estimate of drug-likeness (QED) is 0.813. The zero-order chi connectivity index (χ0) is 17.0. The number of amides is 1. The first kappa shape index (κ1) is 18.0. The summed E-state index contributed by atoms with van der Waals surface area (Å²) in [6, 6.07) is 5.26. The molecule has 23 heavy (non-hydrogen) atoms. The predicted molar refractivity (Wildman–Crippen MR) is 89.3 cm³/mol. The zero-order valence-corrected chi connectivity index (χ0v) is 14.9. The molecule has 1 amide bonds. The summed E-state index contributed by atoms with van der Waals surface area (Å²) in [5, 5.41) is 0.469. The summed E-state index contributed by atoms with van der Waals surface area (Å²) in [6.45, 7) is 1.77. The van der Waals surface area contributed by atoms with E-state index >= 15 is 0 Å². The fourth-order valence-corrected chi connectivity index (χ4v) is 3.74. The lowest BCUT2D eigenvalue weighted by Gasteiger charge is -2.21. The third-order valence-corrected chi connectivity index (χ3v) is 5.45. The number of hydrogen-bond acceptors (Lipinski definition) is 4. The summed E-state index contributed by atoms with van der Waals surface area (Å²) < 4.78 is 29.7. The van der Waals surface area contributed by atoms with Crippen molar-refractivity contribution < 1.29 is 17.9 Å². The van der Waals surface area contributed by atoms with Crippen LogP contribution in [-0.2, 0) is 21.2 Å². The van der Waals surface area contributed by atoms with E-state index in [-0.39, 0.29) is 12.3 Å². The first-order chi connectivity index (χ1) is 10.8. The van der Waals surface area contributed by atoms with Gasteiger partial charge in [0.1, 0.15) is 5.75 Å². The van der Waals surface area contributed by atoms with Crippen molar-refractivity contribution in [3.8, 4) is 5.75 Å². The molecular formula is C15H21ClN2O4S. The Kier molecular flexibility index (Phi) is 5.89. The van der Waals surface area contributed by atoms with E-state index in [0.29, 0.717) is 43.4 Å². The molecule has 1 fully saturated rings. The van der Waals surface area contributed by atoms with Crippen molar-refractivity contribution >= 4 is 27.5 Å². The number of carbonyl (C=O) groups is 1. The van der Waals surface area contributed by atoms with Crippen LogP contribution < -0.4 is 4.74 Å². The minimum absolute atomic E-state index is 0.0263. The van der Waals surface area contributed by atoms with E-state index < -0.39 is 10.0 Å². The molecule has 0 atom stereocenters. The van der Waals surface area contributed by atoms with Gasteiger partial charge in [-0.25, -0.2) is 12.7 Å². The number of rotatable bonds is 4. The van der Waals surface area contributed by atoms with Crippen molar-refractivity contribution in [1.29, 1.82) is 0 Å². The van der Waals surface area contributed by atoms with Crippen LogP contribution in [0.25, 0.3) is 0 Å². The van der Waals surface area contributed by atoms with Gasteiger partial charge >= 0.3 is 0 Å². The van der Waals surface area contributed by atoms with E-state index in [1.165, 1.54) is 17.7 Å². The molecule has 128 valence electrons. The Morgan fingerprint density at radius 2 is 2.00 bits per heavy atom. The third kappa shape index (κ3) is 4.83. The summed E-state index contributed by atoms with van der Waals surface area (Å²) in [5.41, 5.74) is 0.810. The molecule has 0 aromatic heterocycles. The van der Waals surface area contributed by atoms with Crippen molar-refractivity contribution in [2.75, 3.05) is 39.5 Å². The first-order valence-electron chi connectivity index (χ1n) is 7.36. The van der Waals surface area contributed by atoms with E-state index in [1.54, 1.807) is 17.0 Å². The van der Waals surface area contributed by atoms with E-state index in [4.69, 9.17) is 16.3 Å². The molecule has 0 spiro atoms. The SMILES string of the molecule is COc1ccc(CC(=O)N2CCCN(S(C)(=O)=O)CC2)cc1Cl. The van der Waals surface area contributed by atoms with Crippen molar-refractivity contribution in [1.82, 2.24) is 9.21 Å². The van der Waals surface area contributed by atoms with Crippen molar-refractivity contribution in [3.63, 3.8) is 0 Å². The van der Waals surface area contributed by atoms with Gasteiger partial charge in [0, 0.05) is 26.2 Å². The monoisotopic (exact) mass is 360 g/mol. The molecule has 1 heterocycles. The number of nitrogens with zero attached hydrogens (tertiary/aromatic N) is 2. The molecule has 2 rings (SSSR count). The van der Waals surface area contributed by atoms with Crippen LogP contribution in [0.4, 0.5) is 0 Å². The Hall–Kier alpha value is -1.31. The number of halogens is 1. The number of hydrogen-bond donors (Lipinski definition) is 0. The summed E-state index contributed by atoms with van der Waals surface area (Å²) in [7, 11) is -1.67. The number of methoxy groups -OCH3 is 1. The van der Waals surface area contributed by atoms with Gasteiger partial charge in [0.2, 0.25) is 15.9 Å². The molecule has 0 unspecified atom stereocenters. The molecule has 1 aliphatic heterocycles. The van der Waals surface area contributed by atoms with E-state index in [2.05, 4.69) is 0 Å². The maximum absolute atomic E-state index is 12.4. The average Bonchev–Trinajstić information content (AvgIpc) is 2.73. The van der Waals surface area contributed by atoms with Crippen LogP contribution in [0, 0.1) is 0 Å². The highest BCUT2D eigenvalue weighted by molar-refractivity contribution is 7.88. The van der Waals surface area contributed by atoms with Gasteiger partial charge in [-0.05, 0) is 24.1 Å². The van der Waals surface area contributed by atoms with E-state index in [1.807, 2.05) is 6.07 Å². The maximum atomic E-state index is 12.4. The Bertz CT molecular complexity index is 678. The summed E-state index contributed by atoms with van der Waals surface area (Å²) in [5.74, 6) is 0.544. The van der Waals surface area contributed by atoms with E-state index in [0.717, 1.165) is 5.56 Å². The van der Waals surface area contributed by atoms with Crippen LogP contribution in [0.3, 0.4) is 0 Å². The molecule has 0 aliphatic carbocycles. The predicted octanol–water partition coefficient (Wildman–Crippen LogP) is 1.39. The van der Waals surface area contributed by atoms with Gasteiger partial charge in [-0.15, -0.1) is 0 Å². The molecule has 1 aliphatic rings. The van der Waals surface area contributed by atoms with Crippen molar-refractivity contribution in [3.05, 3.63) is 28.8 Å². The molecule has 1 aromatic carbocycles. The highest BCUT2D eigenvalue weighted by Gasteiger charge is 2.23. The summed E-state index contributed by atoms with van der Waals surface area (Å²) >= 11 is 6.07.